The van der Waals surface area contributed by atoms with Gasteiger partial charge < -0.3 is 11.1 Å². The molecule has 18 heavy (non-hydrogen) atoms. The van der Waals surface area contributed by atoms with Gasteiger partial charge in [0.05, 0.1) is 5.56 Å². The van der Waals surface area contributed by atoms with Crippen LogP contribution in [0.2, 0.25) is 0 Å². The number of nitrogens with one attached hydrogen (secondary N) is 1. The highest BCUT2D eigenvalue weighted by molar-refractivity contribution is 5.48. The van der Waals surface area contributed by atoms with Crippen molar-refractivity contribution in [1.29, 1.82) is 0 Å². The number of hydrogen-bond donors (Lipinski definition) is 2. The first-order valence-electron chi connectivity index (χ1n) is 5.75. The van der Waals surface area contributed by atoms with E-state index in [1.54, 1.807) is 0 Å². The zero-order valence-electron chi connectivity index (χ0n) is 9.60. The van der Waals surface area contributed by atoms with E-state index in [-0.39, 0.29) is 17.8 Å². The molecule has 1 aliphatic carbocycles. The van der Waals surface area contributed by atoms with Gasteiger partial charge in [-0.2, -0.15) is 13.2 Å². The van der Waals surface area contributed by atoms with Crippen molar-refractivity contribution in [3.63, 3.8) is 0 Å². The molecular weight excluding hydrogens is 248 g/mol. The van der Waals surface area contributed by atoms with Crippen LogP contribution in [0.25, 0.3) is 0 Å². The average molecular weight is 262 g/mol. The molecule has 0 bridgehead atoms. The van der Waals surface area contributed by atoms with E-state index in [0.29, 0.717) is 0 Å². The summed E-state index contributed by atoms with van der Waals surface area (Å²) in [6.45, 7) is 0. The van der Waals surface area contributed by atoms with Crippen LogP contribution >= 0.6 is 0 Å². The van der Waals surface area contributed by atoms with Crippen molar-refractivity contribution in [2.24, 2.45) is 5.73 Å². The van der Waals surface area contributed by atoms with Crippen LogP contribution in [0.15, 0.2) is 18.2 Å². The SMILES string of the molecule is NC1CCC(Nc2ccc(F)c(C(F)(F)F)c2)C1. The van der Waals surface area contributed by atoms with Crippen molar-refractivity contribution in [3.05, 3.63) is 29.6 Å². The molecule has 1 aromatic carbocycles. The van der Waals surface area contributed by atoms with Crippen molar-refractivity contribution < 1.29 is 17.6 Å². The Morgan fingerprint density at radius 3 is 2.50 bits per heavy atom. The normalized spacial score (nSPS) is 24.3. The molecule has 0 radical (unpaired) electrons. The molecule has 2 atom stereocenters. The summed E-state index contributed by atoms with van der Waals surface area (Å²) in [7, 11) is 0. The van der Waals surface area contributed by atoms with Crippen LogP contribution in [0.3, 0.4) is 0 Å². The highest BCUT2D eigenvalue weighted by Crippen LogP contribution is 2.33. The third kappa shape index (κ3) is 2.93. The summed E-state index contributed by atoms with van der Waals surface area (Å²) in [5.41, 5.74) is 4.76. The molecule has 1 fully saturated rings. The number of alkyl halides is 3. The molecular formula is C12H14F4N2. The van der Waals surface area contributed by atoms with Crippen molar-refractivity contribution in [2.75, 3.05) is 5.32 Å². The van der Waals surface area contributed by atoms with E-state index in [9.17, 15) is 17.6 Å². The Morgan fingerprint density at radius 1 is 1.22 bits per heavy atom. The van der Waals surface area contributed by atoms with Gasteiger partial charge in [0.25, 0.3) is 0 Å². The molecule has 1 saturated carbocycles. The Kier molecular flexibility index (Phi) is 3.47. The second kappa shape index (κ2) is 4.76. The molecule has 0 aliphatic heterocycles. The van der Waals surface area contributed by atoms with Gasteiger partial charge in [-0.3, -0.25) is 0 Å². The minimum absolute atomic E-state index is 0.0616. The van der Waals surface area contributed by atoms with Gasteiger partial charge in [0.2, 0.25) is 0 Å². The quantitative estimate of drug-likeness (QED) is 0.803. The fourth-order valence-corrected chi connectivity index (χ4v) is 2.22. The molecule has 0 spiro atoms. The van der Waals surface area contributed by atoms with Crippen molar-refractivity contribution in [3.8, 4) is 0 Å². The van der Waals surface area contributed by atoms with Crippen LogP contribution in [0.1, 0.15) is 24.8 Å². The smallest absolute Gasteiger partial charge is 0.382 e. The Bertz CT molecular complexity index is 431. The zero-order chi connectivity index (χ0) is 13.3. The lowest BCUT2D eigenvalue weighted by Gasteiger charge is -2.16. The highest BCUT2D eigenvalue weighted by atomic mass is 19.4. The van der Waals surface area contributed by atoms with E-state index < -0.39 is 17.6 Å². The first-order chi connectivity index (χ1) is 8.36. The molecule has 2 unspecified atom stereocenters. The van der Waals surface area contributed by atoms with Crippen LogP contribution in [-0.4, -0.2) is 12.1 Å². The lowest BCUT2D eigenvalue weighted by molar-refractivity contribution is -0.139. The summed E-state index contributed by atoms with van der Waals surface area (Å²) >= 11 is 0. The Hall–Kier alpha value is -1.30. The predicted molar refractivity (Wildman–Crippen MR) is 60.6 cm³/mol. The Labute approximate surface area is 102 Å². The minimum atomic E-state index is -4.67. The van der Waals surface area contributed by atoms with Gasteiger partial charge in [0.1, 0.15) is 5.82 Å². The van der Waals surface area contributed by atoms with E-state index in [1.807, 2.05) is 0 Å². The van der Waals surface area contributed by atoms with E-state index in [0.717, 1.165) is 31.4 Å². The highest BCUT2D eigenvalue weighted by Gasteiger charge is 2.34. The molecule has 1 aromatic rings. The van der Waals surface area contributed by atoms with Crippen LogP contribution in [0.4, 0.5) is 23.2 Å². The van der Waals surface area contributed by atoms with Crippen LogP contribution in [0.5, 0.6) is 0 Å². The average Bonchev–Trinajstić information content (AvgIpc) is 2.65. The molecule has 2 rings (SSSR count). The second-order valence-electron chi connectivity index (χ2n) is 4.61. The zero-order valence-corrected chi connectivity index (χ0v) is 9.60. The third-order valence-corrected chi connectivity index (χ3v) is 3.12. The number of rotatable bonds is 2. The summed E-state index contributed by atoms with van der Waals surface area (Å²) in [6, 6.07) is 3.10. The molecule has 0 saturated heterocycles. The van der Waals surface area contributed by atoms with E-state index in [1.165, 1.54) is 6.07 Å². The van der Waals surface area contributed by atoms with Crippen molar-refractivity contribution >= 4 is 5.69 Å². The summed E-state index contributed by atoms with van der Waals surface area (Å²) in [4.78, 5) is 0. The van der Waals surface area contributed by atoms with Gasteiger partial charge in [-0.15, -0.1) is 0 Å². The van der Waals surface area contributed by atoms with Crippen LogP contribution in [-0.2, 0) is 6.18 Å². The molecule has 0 heterocycles. The molecule has 2 nitrogen and oxygen atoms in total. The first kappa shape index (κ1) is 13.1. The maximum Gasteiger partial charge on any atom is 0.419 e. The predicted octanol–water partition coefficient (Wildman–Crippen LogP) is 3.14. The molecule has 0 aromatic heterocycles. The molecule has 1 aliphatic rings. The Morgan fingerprint density at radius 2 is 1.94 bits per heavy atom. The number of benzene rings is 1. The lowest BCUT2D eigenvalue weighted by atomic mass is 10.1. The monoisotopic (exact) mass is 262 g/mol. The summed E-state index contributed by atoms with van der Waals surface area (Å²) in [5.74, 6) is -1.25. The standard InChI is InChI=1S/C12H14F4N2/c13-11-4-3-9(6-10(11)12(14,15)16)18-8-2-1-7(17)5-8/h3-4,6-8,18H,1-2,5,17H2. The summed E-state index contributed by atoms with van der Waals surface area (Å²) < 4.78 is 50.6. The molecule has 100 valence electrons. The molecule has 0 amide bonds. The Balaban J connectivity index is 2.15. The molecule has 3 N–H and O–H groups in total. The largest absolute Gasteiger partial charge is 0.419 e. The molecule has 6 heteroatoms. The third-order valence-electron chi connectivity index (χ3n) is 3.12. The van der Waals surface area contributed by atoms with Gasteiger partial charge in [0.15, 0.2) is 0 Å². The van der Waals surface area contributed by atoms with Crippen LogP contribution < -0.4 is 11.1 Å². The summed E-state index contributed by atoms with van der Waals surface area (Å²) in [6.07, 6.45) is -2.28. The lowest BCUT2D eigenvalue weighted by Crippen LogP contribution is -2.21. The maximum absolute atomic E-state index is 13.1. The van der Waals surface area contributed by atoms with Gasteiger partial charge in [-0.1, -0.05) is 0 Å². The fraction of sp³-hybridized carbons (Fsp3) is 0.500. The second-order valence-corrected chi connectivity index (χ2v) is 4.61. The van der Waals surface area contributed by atoms with Gasteiger partial charge >= 0.3 is 6.18 Å². The van der Waals surface area contributed by atoms with E-state index in [4.69, 9.17) is 5.73 Å². The number of hydrogen-bond acceptors (Lipinski definition) is 2. The van der Waals surface area contributed by atoms with Crippen LogP contribution in [0, 0.1) is 5.82 Å². The topological polar surface area (TPSA) is 38.0 Å². The summed E-state index contributed by atoms with van der Waals surface area (Å²) in [5, 5.41) is 2.96. The van der Waals surface area contributed by atoms with Crippen molar-refractivity contribution in [1.82, 2.24) is 0 Å². The number of nitrogens with two attached hydrogens (primary N) is 1. The number of anilines is 1. The van der Waals surface area contributed by atoms with Gasteiger partial charge in [0, 0.05) is 17.8 Å². The minimum Gasteiger partial charge on any atom is -0.382 e. The van der Waals surface area contributed by atoms with E-state index in [2.05, 4.69) is 5.32 Å². The van der Waals surface area contributed by atoms with Gasteiger partial charge in [-0.25, -0.2) is 4.39 Å². The van der Waals surface area contributed by atoms with Crippen molar-refractivity contribution in [2.45, 2.75) is 37.5 Å². The fourth-order valence-electron chi connectivity index (χ4n) is 2.22. The maximum atomic E-state index is 13.1. The number of halogens is 4. The van der Waals surface area contributed by atoms with Gasteiger partial charge in [-0.05, 0) is 37.5 Å². The van der Waals surface area contributed by atoms with E-state index >= 15 is 0 Å². The first-order valence-corrected chi connectivity index (χ1v) is 5.75.